The maximum absolute atomic E-state index is 8.74. The molecule has 0 fully saturated rings. The third kappa shape index (κ3) is 1.23. The van der Waals surface area contributed by atoms with Crippen LogP contribution >= 0.6 is 15.9 Å². The maximum Gasteiger partial charge on any atom is 0.115 e. The van der Waals surface area contributed by atoms with Crippen LogP contribution in [0.5, 0.6) is 5.75 Å². The molecule has 42 valence electrons. The molecule has 0 spiro atoms. The van der Waals surface area contributed by atoms with Crippen LogP contribution in [0.15, 0.2) is 28.7 Å². The van der Waals surface area contributed by atoms with Crippen LogP contribution in [0, 0.1) is 0 Å². The van der Waals surface area contributed by atoms with E-state index in [9.17, 15) is 0 Å². The average Bonchev–Trinajstić information content (AvgIpc) is 1.77. The van der Waals surface area contributed by atoms with Gasteiger partial charge in [-0.25, -0.2) is 0 Å². The van der Waals surface area contributed by atoms with Crippen LogP contribution in [0.1, 0.15) is 0 Å². The number of benzene rings is 1. The van der Waals surface area contributed by atoms with Crippen molar-refractivity contribution >= 4 is 15.9 Å². The number of hydrogen-bond acceptors (Lipinski definition) is 1. The molecule has 0 aromatic heterocycles. The number of hydrogen-bond donors (Lipinski definition) is 1. The molecule has 0 aliphatic rings. The first-order valence-electron chi connectivity index (χ1n) is 2.23. The molecule has 0 radical (unpaired) electrons. The highest BCUT2D eigenvalue weighted by Gasteiger charge is 1.83. The lowest BCUT2D eigenvalue weighted by atomic mass is 11.3. The highest BCUT2D eigenvalue weighted by atomic mass is 79.9. The van der Waals surface area contributed by atoms with Gasteiger partial charge >= 0.3 is 0 Å². The van der Waals surface area contributed by atoms with Gasteiger partial charge < -0.3 is 5.11 Å². The van der Waals surface area contributed by atoms with Gasteiger partial charge in [0.1, 0.15) is 5.75 Å². The lowest BCUT2D eigenvalue weighted by Gasteiger charge is -1.87. The van der Waals surface area contributed by atoms with E-state index < -0.39 is 0 Å². The molecule has 0 amide bonds. The maximum atomic E-state index is 8.74. The van der Waals surface area contributed by atoms with Crippen LogP contribution < -0.4 is 0 Å². The Bertz CT molecular complexity index is 147. The second-order valence-corrected chi connectivity index (χ2v) is 2.39. The van der Waals surface area contributed by atoms with Crippen molar-refractivity contribution in [3.63, 3.8) is 0 Å². The SMILES string of the molecule is O[13c]1[13cH][13cH][13c](Br)[13cH][13cH]1. The molecular formula is C6H5BrO. The molecule has 0 heterocycles. The topological polar surface area (TPSA) is 20.2 Å². The first-order valence-corrected chi connectivity index (χ1v) is 3.03. The summed E-state index contributed by atoms with van der Waals surface area (Å²) in [5.74, 6) is 0.299. The third-order valence-corrected chi connectivity index (χ3v) is 1.36. The number of phenols is 1. The Morgan fingerprint density at radius 3 is 2.00 bits per heavy atom. The molecule has 0 bridgehead atoms. The van der Waals surface area contributed by atoms with Crippen molar-refractivity contribution in [2.45, 2.75) is 0 Å². The van der Waals surface area contributed by atoms with Gasteiger partial charge in [0.2, 0.25) is 0 Å². The van der Waals surface area contributed by atoms with E-state index in [0.29, 0.717) is 5.75 Å². The first kappa shape index (κ1) is 5.63. The molecule has 0 aliphatic carbocycles. The van der Waals surface area contributed by atoms with Crippen LogP contribution in [0.2, 0.25) is 0 Å². The molecular weight excluding hydrogens is 174 g/mol. The Balaban J connectivity index is 3.03. The molecule has 1 nitrogen and oxygen atoms in total. The van der Waals surface area contributed by atoms with Crippen molar-refractivity contribution in [3.05, 3.63) is 28.7 Å². The summed E-state index contributed by atoms with van der Waals surface area (Å²) < 4.78 is 0.982. The van der Waals surface area contributed by atoms with Gasteiger partial charge in [-0.05, 0) is 24.3 Å². The van der Waals surface area contributed by atoms with Crippen molar-refractivity contribution < 1.29 is 5.11 Å². The third-order valence-electron chi connectivity index (χ3n) is 0.827. The zero-order valence-corrected chi connectivity index (χ0v) is 5.72. The molecule has 1 aromatic rings. The number of rotatable bonds is 0. The molecule has 1 rings (SSSR count). The van der Waals surface area contributed by atoms with E-state index in [1.807, 2.05) is 0 Å². The standard InChI is InChI=1S/C6H5BrO/c7-5-1-3-6(8)4-2-5/h1-4,8H/i1+1,2+1,3+1,4+1,5+1,6+1. The molecule has 0 unspecified atom stereocenters. The van der Waals surface area contributed by atoms with Crippen LogP contribution in [0.25, 0.3) is 0 Å². The second-order valence-electron chi connectivity index (χ2n) is 1.48. The fraction of sp³-hybridized carbons (Fsp3) is 0. The summed E-state index contributed by atoms with van der Waals surface area (Å²) >= 11 is 3.23. The molecule has 0 atom stereocenters. The highest BCUT2D eigenvalue weighted by Crippen LogP contribution is 2.13. The van der Waals surface area contributed by atoms with E-state index in [4.69, 9.17) is 5.11 Å². The summed E-state index contributed by atoms with van der Waals surface area (Å²) in [7, 11) is 0. The van der Waals surface area contributed by atoms with Crippen LogP contribution in [0.4, 0.5) is 0 Å². The monoisotopic (exact) mass is 178 g/mol. The Kier molecular flexibility index (Phi) is 1.53. The van der Waals surface area contributed by atoms with Crippen molar-refractivity contribution in [2.24, 2.45) is 0 Å². The normalized spacial score (nSPS) is 9.12. The summed E-state index contributed by atoms with van der Waals surface area (Å²) in [5, 5.41) is 8.74. The predicted molar refractivity (Wildman–Crippen MR) is 35.8 cm³/mol. The van der Waals surface area contributed by atoms with E-state index in [1.165, 1.54) is 0 Å². The molecule has 1 aromatic carbocycles. The lowest BCUT2D eigenvalue weighted by molar-refractivity contribution is 0.475. The van der Waals surface area contributed by atoms with Gasteiger partial charge in [-0.1, -0.05) is 15.9 Å². The molecule has 2 heteroatoms. The van der Waals surface area contributed by atoms with Gasteiger partial charge in [0.25, 0.3) is 0 Å². The van der Waals surface area contributed by atoms with Crippen LogP contribution in [-0.2, 0) is 0 Å². The fourth-order valence-electron chi connectivity index (χ4n) is 0.441. The first-order chi connectivity index (χ1) is 3.79. The average molecular weight is 179 g/mol. The number of halogens is 1. The Hall–Kier alpha value is -0.500. The fourth-order valence-corrected chi connectivity index (χ4v) is 0.705. The smallest absolute Gasteiger partial charge is 0.115 e. The van der Waals surface area contributed by atoms with E-state index >= 15 is 0 Å². The summed E-state index contributed by atoms with van der Waals surface area (Å²) in [6.45, 7) is 0. The minimum Gasteiger partial charge on any atom is -0.508 e. The highest BCUT2D eigenvalue weighted by molar-refractivity contribution is 9.10. The summed E-state index contributed by atoms with van der Waals surface area (Å²) in [6, 6.07) is 6.83. The van der Waals surface area contributed by atoms with E-state index in [-0.39, 0.29) is 0 Å². The molecule has 0 saturated heterocycles. The number of phenolic OH excluding ortho intramolecular Hbond substituents is 1. The number of aromatic hydroxyl groups is 1. The largest absolute Gasteiger partial charge is 0.508 e. The Morgan fingerprint density at radius 1 is 1.12 bits per heavy atom. The van der Waals surface area contributed by atoms with Crippen molar-refractivity contribution in [3.8, 4) is 5.75 Å². The quantitative estimate of drug-likeness (QED) is 0.646. The summed E-state index contributed by atoms with van der Waals surface area (Å²) in [6.07, 6.45) is 0. The van der Waals surface area contributed by atoms with Gasteiger partial charge in [-0.15, -0.1) is 0 Å². The van der Waals surface area contributed by atoms with Gasteiger partial charge in [0.15, 0.2) is 0 Å². The summed E-state index contributed by atoms with van der Waals surface area (Å²) in [4.78, 5) is 0. The molecule has 0 saturated carbocycles. The van der Waals surface area contributed by atoms with Gasteiger partial charge in [-0.2, -0.15) is 0 Å². The minimum absolute atomic E-state index is 0.299. The van der Waals surface area contributed by atoms with E-state index in [0.717, 1.165) is 4.47 Å². The Labute approximate surface area is 56.1 Å². The zero-order valence-electron chi connectivity index (χ0n) is 4.13. The molecule has 0 aliphatic heterocycles. The summed E-state index contributed by atoms with van der Waals surface area (Å²) in [5.41, 5.74) is 0. The minimum atomic E-state index is 0.299. The Morgan fingerprint density at radius 2 is 1.62 bits per heavy atom. The molecule has 1 N–H and O–H groups in total. The molecule has 8 heavy (non-hydrogen) atoms. The van der Waals surface area contributed by atoms with Crippen molar-refractivity contribution in [2.75, 3.05) is 0 Å². The van der Waals surface area contributed by atoms with Crippen molar-refractivity contribution in [1.82, 2.24) is 0 Å². The van der Waals surface area contributed by atoms with E-state index in [1.54, 1.807) is 24.3 Å². The predicted octanol–water partition coefficient (Wildman–Crippen LogP) is 2.15. The van der Waals surface area contributed by atoms with Gasteiger partial charge in [-0.3, -0.25) is 0 Å². The van der Waals surface area contributed by atoms with Crippen LogP contribution in [-0.4, -0.2) is 5.11 Å². The zero-order chi connectivity index (χ0) is 5.98. The van der Waals surface area contributed by atoms with Crippen molar-refractivity contribution in [1.29, 1.82) is 0 Å². The van der Waals surface area contributed by atoms with E-state index in [2.05, 4.69) is 15.9 Å². The van der Waals surface area contributed by atoms with Gasteiger partial charge in [0, 0.05) is 4.47 Å². The van der Waals surface area contributed by atoms with Crippen LogP contribution in [0.3, 0.4) is 0 Å². The van der Waals surface area contributed by atoms with Gasteiger partial charge in [0.05, 0.1) is 0 Å². The second kappa shape index (κ2) is 2.18. The lowest BCUT2D eigenvalue weighted by Crippen LogP contribution is -1.61.